The summed E-state index contributed by atoms with van der Waals surface area (Å²) in [6.07, 6.45) is 4.95. The van der Waals surface area contributed by atoms with Crippen LogP contribution in [0.3, 0.4) is 0 Å². The van der Waals surface area contributed by atoms with Crippen molar-refractivity contribution in [1.29, 1.82) is 0 Å². The second-order valence-corrected chi connectivity index (χ2v) is 8.12. The Balaban J connectivity index is 0.00000341. The fourth-order valence-electron chi connectivity index (χ4n) is 3.91. The summed E-state index contributed by atoms with van der Waals surface area (Å²) in [6, 6.07) is 18.7. The van der Waals surface area contributed by atoms with Crippen molar-refractivity contribution in [1.82, 2.24) is 10.6 Å². The van der Waals surface area contributed by atoms with E-state index in [9.17, 15) is 0 Å². The predicted molar refractivity (Wildman–Crippen MR) is 138 cm³/mol. The normalized spacial score (nSPS) is 15.0. The molecule has 6 heteroatoms. The number of hydrogen-bond donors (Lipinski definition) is 2. The van der Waals surface area contributed by atoms with Gasteiger partial charge in [-0.2, -0.15) is 0 Å². The topological polar surface area (TPSA) is 54.9 Å². The molecule has 2 aromatic carbocycles. The zero-order valence-corrected chi connectivity index (χ0v) is 21.1. The molecule has 31 heavy (non-hydrogen) atoms. The summed E-state index contributed by atoms with van der Waals surface area (Å²) in [7, 11) is 3.61. The van der Waals surface area contributed by atoms with Crippen molar-refractivity contribution in [3.8, 4) is 0 Å². The van der Waals surface area contributed by atoms with Crippen LogP contribution in [0.15, 0.2) is 59.6 Å². The summed E-state index contributed by atoms with van der Waals surface area (Å²) in [5.41, 5.74) is 3.98. The lowest BCUT2D eigenvalue weighted by Gasteiger charge is -2.42. The number of nitrogens with one attached hydrogen (secondary N) is 2. The van der Waals surface area contributed by atoms with E-state index in [2.05, 4.69) is 52.0 Å². The van der Waals surface area contributed by atoms with Crippen LogP contribution in [0.1, 0.15) is 42.4 Å². The Morgan fingerprint density at radius 2 is 1.68 bits per heavy atom. The van der Waals surface area contributed by atoms with Crippen LogP contribution < -0.4 is 10.6 Å². The highest BCUT2D eigenvalue weighted by Crippen LogP contribution is 2.43. The third kappa shape index (κ3) is 8.09. The van der Waals surface area contributed by atoms with E-state index in [-0.39, 0.29) is 24.0 Å². The van der Waals surface area contributed by atoms with Crippen LogP contribution in [0.4, 0.5) is 0 Å². The van der Waals surface area contributed by atoms with Crippen LogP contribution in [0, 0.1) is 5.41 Å². The molecule has 2 N–H and O–H groups in total. The van der Waals surface area contributed by atoms with Gasteiger partial charge in [-0.05, 0) is 41.4 Å². The quantitative estimate of drug-likeness (QED) is 0.244. The molecule has 0 atom stereocenters. The molecule has 0 bridgehead atoms. The van der Waals surface area contributed by atoms with Gasteiger partial charge in [-0.3, -0.25) is 4.99 Å². The third-order valence-corrected chi connectivity index (χ3v) is 6.04. The Kier molecular flexibility index (Phi) is 11.3. The highest BCUT2D eigenvalue weighted by Gasteiger charge is 2.36. The van der Waals surface area contributed by atoms with Gasteiger partial charge in [0.1, 0.15) is 0 Å². The molecule has 0 amide bonds. The average molecular weight is 537 g/mol. The number of benzene rings is 2. The first-order chi connectivity index (χ1) is 14.7. The number of aliphatic imine (C=N–C) groups is 1. The highest BCUT2D eigenvalue weighted by atomic mass is 127. The van der Waals surface area contributed by atoms with Gasteiger partial charge in [0.25, 0.3) is 0 Å². The fraction of sp³-hybridized carbons (Fsp3) is 0.480. The molecule has 0 spiro atoms. The van der Waals surface area contributed by atoms with Crippen LogP contribution in [-0.4, -0.2) is 33.3 Å². The maximum absolute atomic E-state index is 5.95. The zero-order chi connectivity index (χ0) is 21.1. The molecule has 1 aliphatic rings. The van der Waals surface area contributed by atoms with Gasteiger partial charge in [0, 0.05) is 33.9 Å². The van der Waals surface area contributed by atoms with Crippen molar-refractivity contribution < 1.29 is 9.47 Å². The molecule has 2 aromatic rings. The van der Waals surface area contributed by atoms with Gasteiger partial charge in [0.15, 0.2) is 5.96 Å². The second-order valence-electron chi connectivity index (χ2n) is 8.12. The van der Waals surface area contributed by atoms with E-state index in [0.717, 1.165) is 32.1 Å². The number of rotatable bonds is 11. The van der Waals surface area contributed by atoms with Crippen LogP contribution in [0.5, 0.6) is 0 Å². The summed E-state index contributed by atoms with van der Waals surface area (Å²) in [5, 5.41) is 6.99. The first-order valence-electron chi connectivity index (χ1n) is 10.9. The SMILES string of the molecule is CN=C(NCc1ccccc1COCc1ccccc1)NCC1(CCOC)CCC1.I. The molecule has 1 saturated carbocycles. The molecule has 3 rings (SSSR count). The lowest BCUT2D eigenvalue weighted by Crippen LogP contribution is -2.46. The van der Waals surface area contributed by atoms with Crippen molar-refractivity contribution in [2.45, 2.75) is 45.4 Å². The van der Waals surface area contributed by atoms with E-state index >= 15 is 0 Å². The predicted octanol–water partition coefficient (Wildman–Crippen LogP) is 4.89. The minimum absolute atomic E-state index is 0. The van der Waals surface area contributed by atoms with Gasteiger partial charge < -0.3 is 20.1 Å². The van der Waals surface area contributed by atoms with Crippen LogP contribution in [0.25, 0.3) is 0 Å². The summed E-state index contributed by atoms with van der Waals surface area (Å²) >= 11 is 0. The molecule has 0 unspecified atom stereocenters. The number of guanidine groups is 1. The molecule has 1 aliphatic carbocycles. The first kappa shape index (κ1) is 25.6. The van der Waals surface area contributed by atoms with Gasteiger partial charge in [-0.1, -0.05) is 61.0 Å². The maximum atomic E-state index is 5.95. The van der Waals surface area contributed by atoms with Crippen molar-refractivity contribution in [2.75, 3.05) is 27.3 Å². The van der Waals surface area contributed by atoms with Gasteiger partial charge in [0.2, 0.25) is 0 Å². The van der Waals surface area contributed by atoms with Gasteiger partial charge in [-0.25, -0.2) is 0 Å². The Hall–Kier alpha value is -1.64. The monoisotopic (exact) mass is 537 g/mol. The minimum Gasteiger partial charge on any atom is -0.385 e. The molecule has 0 aliphatic heterocycles. The van der Waals surface area contributed by atoms with E-state index in [4.69, 9.17) is 9.47 Å². The Morgan fingerprint density at radius 1 is 0.968 bits per heavy atom. The van der Waals surface area contributed by atoms with Gasteiger partial charge >= 0.3 is 0 Å². The number of hydrogen-bond acceptors (Lipinski definition) is 3. The van der Waals surface area contributed by atoms with Crippen LogP contribution in [0.2, 0.25) is 0 Å². The maximum Gasteiger partial charge on any atom is 0.191 e. The summed E-state index contributed by atoms with van der Waals surface area (Å²) < 4.78 is 11.2. The van der Waals surface area contributed by atoms with Crippen molar-refractivity contribution >= 4 is 29.9 Å². The summed E-state index contributed by atoms with van der Waals surface area (Å²) in [4.78, 5) is 4.41. The van der Waals surface area contributed by atoms with Crippen molar-refractivity contribution in [2.24, 2.45) is 10.4 Å². The van der Waals surface area contributed by atoms with E-state index in [1.165, 1.54) is 36.0 Å². The van der Waals surface area contributed by atoms with Gasteiger partial charge in [0.05, 0.1) is 13.2 Å². The minimum atomic E-state index is 0. The molecular weight excluding hydrogens is 501 g/mol. The average Bonchev–Trinajstić information content (AvgIpc) is 2.76. The smallest absolute Gasteiger partial charge is 0.191 e. The van der Waals surface area contributed by atoms with Crippen LogP contribution >= 0.6 is 24.0 Å². The Labute approximate surface area is 204 Å². The Bertz CT molecular complexity index is 794. The standard InChI is InChI=1S/C25H35N3O2.HI/c1-26-24(28-20-25(13-8-14-25)15-16-29-2)27-17-22-11-6-7-12-23(22)19-30-18-21-9-4-3-5-10-21;/h3-7,9-12H,8,13-20H2,1-2H3,(H2,26,27,28);1H. The largest absolute Gasteiger partial charge is 0.385 e. The van der Waals surface area contributed by atoms with Crippen LogP contribution in [-0.2, 0) is 29.2 Å². The van der Waals surface area contributed by atoms with Crippen molar-refractivity contribution in [3.63, 3.8) is 0 Å². The summed E-state index contributed by atoms with van der Waals surface area (Å²) in [6.45, 7) is 3.70. The molecular formula is C25H36IN3O2. The highest BCUT2D eigenvalue weighted by molar-refractivity contribution is 14.0. The number of nitrogens with zero attached hydrogens (tertiary/aromatic N) is 1. The van der Waals surface area contributed by atoms with E-state index in [1.54, 1.807) is 7.11 Å². The molecule has 5 nitrogen and oxygen atoms in total. The molecule has 1 fully saturated rings. The van der Waals surface area contributed by atoms with E-state index < -0.39 is 0 Å². The van der Waals surface area contributed by atoms with Crippen molar-refractivity contribution in [3.05, 3.63) is 71.3 Å². The number of ether oxygens (including phenoxy) is 2. The molecule has 0 radical (unpaired) electrons. The zero-order valence-electron chi connectivity index (χ0n) is 18.7. The second kappa shape index (κ2) is 13.7. The molecule has 0 heterocycles. The lowest BCUT2D eigenvalue weighted by atomic mass is 9.67. The number of methoxy groups -OCH3 is 1. The third-order valence-electron chi connectivity index (χ3n) is 6.04. The van der Waals surface area contributed by atoms with E-state index in [1.807, 2.05) is 25.2 Å². The summed E-state index contributed by atoms with van der Waals surface area (Å²) in [5.74, 6) is 0.846. The van der Waals surface area contributed by atoms with E-state index in [0.29, 0.717) is 18.6 Å². The molecule has 0 aromatic heterocycles. The lowest BCUT2D eigenvalue weighted by molar-refractivity contribution is 0.0732. The molecule has 0 saturated heterocycles. The fourth-order valence-corrected chi connectivity index (χ4v) is 3.91. The Morgan fingerprint density at radius 3 is 2.32 bits per heavy atom. The molecule has 170 valence electrons. The number of halogens is 1. The first-order valence-corrected chi connectivity index (χ1v) is 10.9. The van der Waals surface area contributed by atoms with Gasteiger partial charge in [-0.15, -0.1) is 24.0 Å².